The van der Waals surface area contributed by atoms with Gasteiger partial charge in [0.1, 0.15) is 0 Å². The van der Waals surface area contributed by atoms with Crippen LogP contribution in [0.2, 0.25) is 0 Å². The van der Waals surface area contributed by atoms with Crippen LogP contribution in [0.1, 0.15) is 110 Å². The van der Waals surface area contributed by atoms with Crippen molar-refractivity contribution in [3.05, 3.63) is 0 Å². The summed E-state index contributed by atoms with van der Waals surface area (Å²) in [6.07, 6.45) is 13.7. The van der Waals surface area contributed by atoms with E-state index in [2.05, 4.69) is 11.7 Å². The summed E-state index contributed by atoms with van der Waals surface area (Å²) in [5.74, 6) is -4.21. The zero-order valence-corrected chi connectivity index (χ0v) is 17.9. The topological polar surface area (TPSA) is 121 Å². The lowest BCUT2D eigenvalue weighted by Gasteiger charge is -2.16. The van der Waals surface area contributed by atoms with Crippen LogP contribution in [-0.4, -0.2) is 68.5 Å². The molecule has 0 aromatic carbocycles. The Morgan fingerprint density at radius 2 is 1.03 bits per heavy atom. The first kappa shape index (κ1) is 31.3. The molecule has 8 heteroatoms. The Balaban J connectivity index is 0. The quantitative estimate of drug-likeness (QED) is 0.149. The lowest BCUT2D eigenvalue weighted by atomic mass is 10.0. The van der Waals surface area contributed by atoms with Crippen LogP contribution in [0.15, 0.2) is 0 Å². The fraction of sp³-hybridized carbons (Fsp3) is 0.864. The number of carbonyl (C=O) groups excluding carboxylic acids is 1. The maximum atomic E-state index is 11.6. The average molecular weight is 443 g/mol. The molecule has 2 unspecified atom stereocenters. The predicted molar refractivity (Wildman–Crippen MR) is 119 cm³/mol. The van der Waals surface area contributed by atoms with E-state index in [1.54, 1.807) is 0 Å². The number of ether oxygens (including phenoxy) is 1. The van der Waals surface area contributed by atoms with E-state index in [0.717, 1.165) is 19.3 Å². The van der Waals surface area contributed by atoms with Crippen LogP contribution in [0.5, 0.6) is 0 Å². The summed E-state index contributed by atoms with van der Waals surface area (Å²) in [5, 5.41) is 26.7. The first-order chi connectivity index (χ1) is 13.9. The number of carboxylic acids is 2. The lowest BCUT2D eigenvalue weighted by molar-refractivity contribution is -0.178. The third-order valence-corrected chi connectivity index (χ3v) is 5.03. The summed E-state index contributed by atoms with van der Waals surface area (Å²) in [6, 6.07) is 0. The van der Waals surface area contributed by atoms with Gasteiger partial charge in [-0.25, -0.2) is 9.59 Å². The van der Waals surface area contributed by atoms with Crippen LogP contribution in [0.25, 0.3) is 0 Å². The van der Waals surface area contributed by atoms with E-state index in [9.17, 15) is 19.5 Å². The molecule has 0 spiro atoms. The monoisotopic (exact) mass is 442 g/mol. The molecular formula is C22H42MgO7. The molecule has 0 heterocycles. The largest absolute Gasteiger partial charge is 0.479 e. The molecular weight excluding hydrogens is 401 g/mol. The smallest absolute Gasteiger partial charge is 0.348 e. The Hall–Kier alpha value is -0.864. The summed E-state index contributed by atoms with van der Waals surface area (Å²) in [4.78, 5) is 33.2. The van der Waals surface area contributed by atoms with E-state index in [1.165, 1.54) is 70.6 Å². The van der Waals surface area contributed by atoms with Crippen molar-refractivity contribution in [3.8, 4) is 0 Å². The predicted octanol–water partition coefficient (Wildman–Crippen LogP) is 3.77. The minimum absolute atomic E-state index is 0. The molecule has 7 nitrogen and oxygen atoms in total. The summed E-state index contributed by atoms with van der Waals surface area (Å²) < 4.78 is 4.58. The molecule has 0 bridgehead atoms. The van der Waals surface area contributed by atoms with Gasteiger partial charge in [-0.1, -0.05) is 96.8 Å². The van der Waals surface area contributed by atoms with Crippen LogP contribution < -0.4 is 0 Å². The Morgan fingerprint density at radius 3 is 1.37 bits per heavy atom. The SMILES string of the molecule is CCCCCCCCCCCCCCCCCC(=O)OC(C(=O)O)C(O)C(=O)O.[MgH2]. The fourth-order valence-electron chi connectivity index (χ4n) is 3.22. The molecule has 0 radical (unpaired) electrons. The maximum absolute atomic E-state index is 11.6. The highest BCUT2D eigenvalue weighted by molar-refractivity contribution is 5.85. The molecule has 0 fully saturated rings. The number of rotatable bonds is 20. The van der Waals surface area contributed by atoms with E-state index in [0.29, 0.717) is 6.42 Å². The van der Waals surface area contributed by atoms with Crippen molar-refractivity contribution in [2.45, 2.75) is 122 Å². The lowest BCUT2D eigenvalue weighted by Crippen LogP contribution is -2.42. The van der Waals surface area contributed by atoms with Gasteiger partial charge in [0.2, 0.25) is 6.10 Å². The molecule has 0 aliphatic rings. The third kappa shape index (κ3) is 17.9. The first-order valence-corrected chi connectivity index (χ1v) is 11.2. The molecule has 3 N–H and O–H groups in total. The van der Waals surface area contributed by atoms with E-state index < -0.39 is 30.1 Å². The summed E-state index contributed by atoms with van der Waals surface area (Å²) >= 11 is 0. The van der Waals surface area contributed by atoms with Gasteiger partial charge in [0, 0.05) is 6.42 Å². The average Bonchev–Trinajstić information content (AvgIpc) is 2.68. The fourth-order valence-corrected chi connectivity index (χ4v) is 3.22. The van der Waals surface area contributed by atoms with Crippen molar-refractivity contribution in [2.75, 3.05) is 0 Å². The minimum atomic E-state index is -2.27. The van der Waals surface area contributed by atoms with Crippen molar-refractivity contribution in [3.63, 3.8) is 0 Å². The number of aliphatic hydroxyl groups excluding tert-OH is 1. The zero-order chi connectivity index (χ0) is 21.9. The number of unbranched alkanes of at least 4 members (excludes halogenated alkanes) is 14. The Bertz CT molecular complexity index is 457. The van der Waals surface area contributed by atoms with Gasteiger partial charge in [0.25, 0.3) is 0 Å². The third-order valence-electron chi connectivity index (χ3n) is 5.03. The number of hydrogen-bond acceptors (Lipinski definition) is 5. The van der Waals surface area contributed by atoms with Gasteiger partial charge in [0.15, 0.2) is 6.10 Å². The number of carbonyl (C=O) groups is 3. The van der Waals surface area contributed by atoms with Crippen molar-refractivity contribution < 1.29 is 34.4 Å². The molecule has 0 rings (SSSR count). The first-order valence-electron chi connectivity index (χ1n) is 11.2. The van der Waals surface area contributed by atoms with Gasteiger partial charge in [-0.05, 0) is 6.42 Å². The van der Waals surface area contributed by atoms with Crippen molar-refractivity contribution in [1.29, 1.82) is 0 Å². The van der Waals surface area contributed by atoms with Crippen LogP contribution in [-0.2, 0) is 19.1 Å². The number of hydrogen-bond donors (Lipinski definition) is 3. The van der Waals surface area contributed by atoms with Gasteiger partial charge in [-0.2, -0.15) is 0 Å². The molecule has 0 aromatic rings. The number of aliphatic hydroxyl groups is 1. The molecule has 30 heavy (non-hydrogen) atoms. The second-order valence-electron chi connectivity index (χ2n) is 7.73. The maximum Gasteiger partial charge on any atom is 0.348 e. The molecule has 174 valence electrons. The van der Waals surface area contributed by atoms with E-state index in [-0.39, 0.29) is 29.5 Å². The standard InChI is InChI=1S/C22H40O7.Mg.2H/c1-2-3-4-5-6-7-8-9-10-11-12-13-14-15-16-17-18(23)29-20(22(27)28)19(24)21(25)26;;;/h19-20,24H,2-17H2,1H3,(H,25,26)(H,27,28);;;. The van der Waals surface area contributed by atoms with Gasteiger partial charge in [-0.3, -0.25) is 4.79 Å². The van der Waals surface area contributed by atoms with E-state index in [1.807, 2.05) is 0 Å². The summed E-state index contributed by atoms with van der Waals surface area (Å²) in [6.45, 7) is 2.24. The Kier molecular flexibility index (Phi) is 22.3. The Labute approximate surface area is 197 Å². The van der Waals surface area contributed by atoms with Crippen molar-refractivity contribution in [2.24, 2.45) is 0 Å². The highest BCUT2D eigenvalue weighted by atomic mass is 24.3. The minimum Gasteiger partial charge on any atom is -0.479 e. The van der Waals surface area contributed by atoms with Crippen LogP contribution in [0.4, 0.5) is 0 Å². The number of carboxylic acid groups (broad SMARTS) is 2. The molecule has 0 saturated carbocycles. The van der Waals surface area contributed by atoms with Gasteiger partial charge in [-0.15, -0.1) is 0 Å². The van der Waals surface area contributed by atoms with Crippen LogP contribution in [0, 0.1) is 0 Å². The molecule has 0 aliphatic carbocycles. The van der Waals surface area contributed by atoms with Gasteiger partial charge < -0.3 is 20.1 Å². The number of aliphatic carboxylic acids is 2. The second-order valence-corrected chi connectivity index (χ2v) is 7.73. The normalized spacial score (nSPS) is 12.6. The van der Waals surface area contributed by atoms with Crippen LogP contribution in [0.3, 0.4) is 0 Å². The highest BCUT2D eigenvalue weighted by Gasteiger charge is 2.35. The van der Waals surface area contributed by atoms with E-state index in [4.69, 9.17) is 10.2 Å². The van der Waals surface area contributed by atoms with Crippen molar-refractivity contribution >= 4 is 41.0 Å². The van der Waals surface area contributed by atoms with Crippen molar-refractivity contribution in [1.82, 2.24) is 0 Å². The van der Waals surface area contributed by atoms with Gasteiger partial charge in [0.05, 0.1) is 0 Å². The second kappa shape index (κ2) is 21.4. The van der Waals surface area contributed by atoms with Gasteiger partial charge >= 0.3 is 41.0 Å². The molecule has 0 aromatic heterocycles. The van der Waals surface area contributed by atoms with Crippen LogP contribution >= 0.6 is 0 Å². The molecule has 2 atom stereocenters. The molecule has 0 amide bonds. The summed E-state index contributed by atoms with van der Waals surface area (Å²) in [5.41, 5.74) is 0. The molecule has 0 aliphatic heterocycles. The molecule has 0 saturated heterocycles. The number of esters is 1. The zero-order valence-electron chi connectivity index (χ0n) is 17.9. The van der Waals surface area contributed by atoms with E-state index >= 15 is 0 Å². The summed E-state index contributed by atoms with van der Waals surface area (Å²) in [7, 11) is 0. The Morgan fingerprint density at radius 1 is 0.667 bits per heavy atom. The highest BCUT2D eigenvalue weighted by Crippen LogP contribution is 2.14.